The van der Waals surface area contributed by atoms with Gasteiger partial charge in [-0.1, -0.05) is 48.5 Å². The van der Waals surface area contributed by atoms with Crippen molar-refractivity contribution in [3.05, 3.63) is 84.2 Å². The second kappa shape index (κ2) is 10.3. The highest BCUT2D eigenvalue weighted by Gasteiger charge is 2.19. The maximum absolute atomic E-state index is 13.5. The van der Waals surface area contributed by atoms with E-state index >= 15 is 0 Å². The highest BCUT2D eigenvalue weighted by molar-refractivity contribution is 5.96. The Labute approximate surface area is 188 Å². The predicted octanol–water partition coefficient (Wildman–Crippen LogP) is 4.46. The number of nitrogens with zero attached hydrogens (tertiary/aromatic N) is 3. The molecule has 32 heavy (non-hydrogen) atoms. The molecule has 0 amide bonds. The van der Waals surface area contributed by atoms with Crippen molar-refractivity contribution in [1.82, 2.24) is 9.80 Å². The first kappa shape index (κ1) is 21.8. The summed E-state index contributed by atoms with van der Waals surface area (Å²) in [6.45, 7) is 4.11. The van der Waals surface area contributed by atoms with Crippen LogP contribution >= 0.6 is 0 Å². The maximum atomic E-state index is 13.5. The highest BCUT2D eigenvalue weighted by Crippen LogP contribution is 2.30. The van der Waals surface area contributed by atoms with Gasteiger partial charge >= 0.3 is 0 Å². The molecule has 4 rings (SSSR count). The number of guanidine groups is 1. The van der Waals surface area contributed by atoms with E-state index in [0.717, 1.165) is 48.8 Å². The third-order valence-electron chi connectivity index (χ3n) is 5.70. The molecule has 0 atom stereocenters. The summed E-state index contributed by atoms with van der Waals surface area (Å²) < 4.78 is 13.5. The average molecular weight is 433 g/mol. The van der Waals surface area contributed by atoms with Gasteiger partial charge in [0, 0.05) is 32.7 Å². The predicted molar refractivity (Wildman–Crippen MR) is 129 cm³/mol. The van der Waals surface area contributed by atoms with Crippen molar-refractivity contribution in [3.63, 3.8) is 0 Å². The number of rotatable bonds is 5. The molecule has 0 spiro atoms. The topological polar surface area (TPSA) is 51.1 Å². The summed E-state index contributed by atoms with van der Waals surface area (Å²) in [5, 5.41) is 13.9. The Bertz CT molecular complexity index is 1060. The lowest BCUT2D eigenvalue weighted by Crippen LogP contribution is -2.49. The van der Waals surface area contributed by atoms with E-state index in [1.165, 1.54) is 6.07 Å². The van der Waals surface area contributed by atoms with Gasteiger partial charge < -0.3 is 20.2 Å². The van der Waals surface area contributed by atoms with Crippen LogP contribution < -0.4 is 5.32 Å². The van der Waals surface area contributed by atoms with E-state index in [1.807, 2.05) is 48.5 Å². The fraction of sp³-hybridized carbons (Fsp3) is 0.269. The Morgan fingerprint density at radius 3 is 2.47 bits per heavy atom. The molecule has 0 unspecified atom stereocenters. The minimum Gasteiger partial charge on any atom is -0.506 e. The third kappa shape index (κ3) is 5.65. The molecule has 1 heterocycles. The van der Waals surface area contributed by atoms with Gasteiger partial charge in [0.05, 0.1) is 5.69 Å². The molecule has 0 bridgehead atoms. The van der Waals surface area contributed by atoms with E-state index in [2.05, 4.69) is 22.2 Å². The van der Waals surface area contributed by atoms with Gasteiger partial charge in [-0.05, 0) is 54.4 Å². The number of hydrogen-bond donors (Lipinski definition) is 2. The minimum absolute atomic E-state index is 0.177. The van der Waals surface area contributed by atoms with Crippen LogP contribution in [0.5, 0.6) is 5.75 Å². The number of anilines is 1. The standard InChI is InChI=1S/C26H29FN4O/c1-30-14-16-31(17-15-30)26(28-13-12-20-6-5-9-23(27)18-20)29-24-19-22(10-11-25(24)32)21-7-3-2-4-8-21/h2-11,18-19,32H,12-17H2,1H3,(H,28,29). The van der Waals surface area contributed by atoms with Crippen LogP contribution in [0.2, 0.25) is 0 Å². The van der Waals surface area contributed by atoms with Gasteiger partial charge in [0.2, 0.25) is 0 Å². The van der Waals surface area contributed by atoms with Crippen LogP contribution in [0.15, 0.2) is 77.8 Å². The molecule has 0 radical (unpaired) electrons. The summed E-state index contributed by atoms with van der Waals surface area (Å²) in [7, 11) is 2.11. The average Bonchev–Trinajstić information content (AvgIpc) is 2.81. The molecule has 0 aromatic heterocycles. The molecule has 5 nitrogen and oxygen atoms in total. The van der Waals surface area contributed by atoms with Crippen molar-refractivity contribution in [2.75, 3.05) is 45.1 Å². The lowest BCUT2D eigenvalue weighted by molar-refractivity contribution is 0.215. The van der Waals surface area contributed by atoms with E-state index in [-0.39, 0.29) is 11.6 Å². The molecule has 6 heteroatoms. The van der Waals surface area contributed by atoms with Gasteiger partial charge in [-0.25, -0.2) is 4.39 Å². The third-order valence-corrected chi connectivity index (χ3v) is 5.70. The molecule has 3 aromatic carbocycles. The van der Waals surface area contributed by atoms with Crippen LogP contribution in [-0.2, 0) is 6.42 Å². The Morgan fingerprint density at radius 1 is 0.938 bits per heavy atom. The lowest BCUT2D eigenvalue weighted by atomic mass is 10.0. The SMILES string of the molecule is CN1CCN(C(=NCCc2cccc(F)c2)Nc2cc(-c3ccccc3)ccc2O)CC1. The van der Waals surface area contributed by atoms with Crippen molar-refractivity contribution in [1.29, 1.82) is 0 Å². The first-order chi connectivity index (χ1) is 15.6. The Morgan fingerprint density at radius 2 is 1.72 bits per heavy atom. The van der Waals surface area contributed by atoms with Gasteiger partial charge in [0.1, 0.15) is 11.6 Å². The lowest BCUT2D eigenvalue weighted by Gasteiger charge is -2.34. The van der Waals surface area contributed by atoms with Crippen molar-refractivity contribution in [2.45, 2.75) is 6.42 Å². The number of phenolic OH excluding ortho intramolecular Hbond substituents is 1. The number of likely N-dealkylation sites (N-methyl/N-ethyl adjacent to an activating group) is 1. The van der Waals surface area contributed by atoms with Crippen LogP contribution in [-0.4, -0.2) is 60.6 Å². The number of aliphatic imine (C=N–C) groups is 1. The Balaban J connectivity index is 1.56. The van der Waals surface area contributed by atoms with Crippen LogP contribution in [0.1, 0.15) is 5.56 Å². The molecular weight excluding hydrogens is 403 g/mol. The first-order valence-electron chi connectivity index (χ1n) is 11.0. The minimum atomic E-state index is -0.230. The number of aromatic hydroxyl groups is 1. The summed E-state index contributed by atoms with van der Waals surface area (Å²) in [4.78, 5) is 9.31. The first-order valence-corrected chi connectivity index (χ1v) is 11.0. The maximum Gasteiger partial charge on any atom is 0.198 e. The van der Waals surface area contributed by atoms with Gasteiger partial charge in [-0.15, -0.1) is 0 Å². The Hall–Kier alpha value is -3.38. The van der Waals surface area contributed by atoms with Gasteiger partial charge in [0.15, 0.2) is 5.96 Å². The number of nitrogens with one attached hydrogen (secondary N) is 1. The molecule has 0 aliphatic carbocycles. The quantitative estimate of drug-likeness (QED) is 0.355. The summed E-state index contributed by atoms with van der Waals surface area (Å²) in [6, 6.07) is 22.3. The molecule has 1 aliphatic rings. The summed E-state index contributed by atoms with van der Waals surface area (Å²) >= 11 is 0. The van der Waals surface area contributed by atoms with E-state index < -0.39 is 0 Å². The number of hydrogen-bond acceptors (Lipinski definition) is 3. The molecule has 1 saturated heterocycles. The van der Waals surface area contributed by atoms with E-state index in [9.17, 15) is 9.50 Å². The molecule has 166 valence electrons. The zero-order chi connectivity index (χ0) is 22.3. The van der Waals surface area contributed by atoms with E-state index in [0.29, 0.717) is 18.7 Å². The molecule has 1 fully saturated rings. The van der Waals surface area contributed by atoms with E-state index in [4.69, 9.17) is 4.99 Å². The molecular formula is C26H29FN4O. The number of benzene rings is 3. The number of piperazine rings is 1. The van der Waals surface area contributed by atoms with Gasteiger partial charge in [-0.3, -0.25) is 4.99 Å². The normalized spacial score (nSPS) is 15.1. The molecule has 1 aliphatic heterocycles. The molecule has 3 aromatic rings. The van der Waals surface area contributed by atoms with E-state index in [1.54, 1.807) is 18.2 Å². The zero-order valence-electron chi connectivity index (χ0n) is 18.3. The van der Waals surface area contributed by atoms with Crippen molar-refractivity contribution in [2.24, 2.45) is 4.99 Å². The fourth-order valence-corrected chi connectivity index (χ4v) is 3.79. The summed E-state index contributed by atoms with van der Waals surface area (Å²) in [5.74, 6) is 0.679. The monoisotopic (exact) mass is 432 g/mol. The summed E-state index contributed by atoms with van der Waals surface area (Å²) in [6.07, 6.45) is 0.646. The second-order valence-electron chi connectivity index (χ2n) is 8.10. The van der Waals surface area contributed by atoms with Crippen LogP contribution in [0.4, 0.5) is 10.1 Å². The number of halogens is 1. The smallest absolute Gasteiger partial charge is 0.198 e. The van der Waals surface area contributed by atoms with Crippen LogP contribution in [0.25, 0.3) is 11.1 Å². The molecule has 2 N–H and O–H groups in total. The second-order valence-corrected chi connectivity index (χ2v) is 8.10. The fourth-order valence-electron chi connectivity index (χ4n) is 3.79. The largest absolute Gasteiger partial charge is 0.506 e. The van der Waals surface area contributed by atoms with Crippen molar-refractivity contribution >= 4 is 11.6 Å². The molecule has 0 saturated carbocycles. The van der Waals surface area contributed by atoms with Crippen molar-refractivity contribution in [3.8, 4) is 16.9 Å². The van der Waals surface area contributed by atoms with Crippen molar-refractivity contribution < 1.29 is 9.50 Å². The highest BCUT2D eigenvalue weighted by atomic mass is 19.1. The zero-order valence-corrected chi connectivity index (χ0v) is 18.3. The van der Waals surface area contributed by atoms with Crippen LogP contribution in [0, 0.1) is 5.82 Å². The summed E-state index contributed by atoms with van der Waals surface area (Å²) in [5.41, 5.74) is 3.64. The van der Waals surface area contributed by atoms with Gasteiger partial charge in [-0.2, -0.15) is 0 Å². The van der Waals surface area contributed by atoms with Gasteiger partial charge in [0.25, 0.3) is 0 Å². The van der Waals surface area contributed by atoms with Crippen LogP contribution in [0.3, 0.4) is 0 Å². The number of phenols is 1. The Kier molecular flexibility index (Phi) is 7.02.